The van der Waals surface area contributed by atoms with Crippen molar-refractivity contribution in [1.82, 2.24) is 5.43 Å². The monoisotopic (exact) mass is 491 g/mol. The van der Waals surface area contributed by atoms with Gasteiger partial charge < -0.3 is 14.8 Å². The largest absolute Gasteiger partial charge is 0.489 e. The molecule has 0 atom stereocenters. The van der Waals surface area contributed by atoms with Crippen LogP contribution in [0.4, 0.5) is 5.00 Å². The van der Waals surface area contributed by atoms with E-state index in [0.29, 0.717) is 28.5 Å². The van der Waals surface area contributed by atoms with Crippen LogP contribution in [0.3, 0.4) is 0 Å². The number of amides is 2. The fraction of sp³-hybridized carbons (Fsp3) is 0.231. The van der Waals surface area contributed by atoms with Crippen LogP contribution in [0, 0.1) is 6.92 Å². The molecule has 0 bridgehead atoms. The molecule has 0 aliphatic heterocycles. The number of hydrogen-bond acceptors (Lipinski definition) is 7. The minimum atomic E-state index is -0.947. The zero-order valence-electron chi connectivity index (χ0n) is 19.4. The molecule has 180 valence electrons. The molecule has 1 heterocycles. The smallest absolute Gasteiger partial charge is 0.341 e. The van der Waals surface area contributed by atoms with E-state index in [9.17, 15) is 14.4 Å². The average Bonchev–Trinajstić information content (AvgIpc) is 3.44. The van der Waals surface area contributed by atoms with Crippen molar-refractivity contribution >= 4 is 40.3 Å². The summed E-state index contributed by atoms with van der Waals surface area (Å²) in [6.45, 7) is 2.46. The third kappa shape index (κ3) is 5.93. The molecule has 35 heavy (non-hydrogen) atoms. The zero-order chi connectivity index (χ0) is 24.8. The van der Waals surface area contributed by atoms with Crippen molar-refractivity contribution in [2.45, 2.75) is 32.8 Å². The summed E-state index contributed by atoms with van der Waals surface area (Å²) < 4.78 is 10.7. The molecule has 8 nitrogen and oxygen atoms in total. The number of thiophene rings is 1. The summed E-state index contributed by atoms with van der Waals surface area (Å²) in [5, 5.41) is 6.71. The Hall–Kier alpha value is -3.98. The van der Waals surface area contributed by atoms with E-state index in [2.05, 4.69) is 15.8 Å². The highest BCUT2D eigenvalue weighted by molar-refractivity contribution is 7.17. The summed E-state index contributed by atoms with van der Waals surface area (Å²) in [4.78, 5) is 37.9. The number of hydrazone groups is 1. The van der Waals surface area contributed by atoms with Gasteiger partial charge in [-0.1, -0.05) is 42.0 Å². The highest BCUT2D eigenvalue weighted by Crippen LogP contribution is 2.39. The molecule has 4 rings (SSSR count). The zero-order valence-corrected chi connectivity index (χ0v) is 20.2. The van der Waals surface area contributed by atoms with Crippen LogP contribution in [0.5, 0.6) is 5.75 Å². The SMILES string of the molecule is COC(=O)c1c(NC(=O)C(=O)N/N=C/c2cccc(OCc3ccc(C)cc3)c2)sc2c1CCC2. The Kier molecular flexibility index (Phi) is 7.57. The number of methoxy groups -OCH3 is 1. The topological polar surface area (TPSA) is 106 Å². The van der Waals surface area contributed by atoms with E-state index >= 15 is 0 Å². The molecule has 0 radical (unpaired) electrons. The number of ether oxygens (including phenoxy) is 2. The van der Waals surface area contributed by atoms with Crippen molar-refractivity contribution in [3.8, 4) is 5.75 Å². The average molecular weight is 492 g/mol. The second kappa shape index (κ2) is 11.0. The molecular weight excluding hydrogens is 466 g/mol. The maximum Gasteiger partial charge on any atom is 0.341 e. The van der Waals surface area contributed by atoms with Crippen LogP contribution in [0.25, 0.3) is 0 Å². The van der Waals surface area contributed by atoms with Gasteiger partial charge in [-0.25, -0.2) is 10.2 Å². The second-order valence-electron chi connectivity index (χ2n) is 8.05. The minimum Gasteiger partial charge on any atom is -0.489 e. The van der Waals surface area contributed by atoms with E-state index in [-0.39, 0.29) is 0 Å². The third-order valence-corrected chi connectivity index (χ3v) is 6.72. The summed E-state index contributed by atoms with van der Waals surface area (Å²) in [6, 6.07) is 15.3. The first-order chi connectivity index (χ1) is 16.9. The van der Waals surface area contributed by atoms with E-state index in [1.54, 1.807) is 12.1 Å². The van der Waals surface area contributed by atoms with Gasteiger partial charge >= 0.3 is 17.8 Å². The predicted octanol–water partition coefficient (Wildman–Crippen LogP) is 4.00. The van der Waals surface area contributed by atoms with Crippen LogP contribution in [-0.2, 0) is 33.8 Å². The molecule has 3 aromatic rings. The van der Waals surface area contributed by atoms with E-state index in [1.807, 2.05) is 43.3 Å². The molecular formula is C26H25N3O5S. The first-order valence-electron chi connectivity index (χ1n) is 11.1. The number of fused-ring (bicyclic) bond motifs is 1. The molecule has 1 aliphatic carbocycles. The molecule has 0 saturated carbocycles. The van der Waals surface area contributed by atoms with Crippen LogP contribution in [0.15, 0.2) is 53.6 Å². The van der Waals surface area contributed by atoms with E-state index < -0.39 is 17.8 Å². The van der Waals surface area contributed by atoms with Crippen molar-refractivity contribution < 1.29 is 23.9 Å². The van der Waals surface area contributed by atoms with Crippen molar-refractivity contribution in [1.29, 1.82) is 0 Å². The summed E-state index contributed by atoms with van der Waals surface area (Å²) in [5.41, 5.74) is 6.36. The van der Waals surface area contributed by atoms with Gasteiger partial charge in [-0.05, 0) is 55.0 Å². The quantitative estimate of drug-likeness (QED) is 0.225. The van der Waals surface area contributed by atoms with Gasteiger partial charge in [-0.3, -0.25) is 9.59 Å². The van der Waals surface area contributed by atoms with Crippen LogP contribution < -0.4 is 15.5 Å². The van der Waals surface area contributed by atoms with Crippen molar-refractivity contribution in [2.24, 2.45) is 5.10 Å². The van der Waals surface area contributed by atoms with E-state index in [1.165, 1.54) is 30.2 Å². The molecule has 0 saturated heterocycles. The number of carbonyl (C=O) groups is 3. The lowest BCUT2D eigenvalue weighted by molar-refractivity contribution is -0.136. The Morgan fingerprint density at radius 1 is 1.09 bits per heavy atom. The normalized spacial score (nSPS) is 12.3. The Balaban J connectivity index is 1.33. The minimum absolute atomic E-state index is 0.323. The number of esters is 1. The fourth-order valence-corrected chi connectivity index (χ4v) is 4.99. The summed E-state index contributed by atoms with van der Waals surface area (Å²) in [7, 11) is 1.29. The van der Waals surface area contributed by atoms with Gasteiger partial charge in [-0.2, -0.15) is 5.10 Å². The van der Waals surface area contributed by atoms with Crippen molar-refractivity contribution in [2.75, 3.05) is 12.4 Å². The standard InChI is InChI=1S/C26H25N3O5S/c1-16-9-11-17(12-10-16)15-34-19-6-3-5-18(13-19)14-27-29-24(31)23(30)28-25-22(26(32)33-2)20-7-4-8-21(20)35-25/h3,5-6,9-14H,4,7-8,15H2,1-2H3,(H,28,30)(H,29,31)/b27-14+. The maximum atomic E-state index is 12.4. The Morgan fingerprint density at radius 3 is 2.66 bits per heavy atom. The summed E-state index contributed by atoms with van der Waals surface area (Å²) in [5.74, 6) is -1.73. The van der Waals surface area contributed by atoms with Gasteiger partial charge in [-0.15, -0.1) is 11.3 Å². The molecule has 0 spiro atoms. The van der Waals surface area contributed by atoms with Gasteiger partial charge in [0.05, 0.1) is 18.9 Å². The third-order valence-electron chi connectivity index (χ3n) is 5.51. The first kappa shape index (κ1) is 24.2. The number of carbonyl (C=O) groups excluding carboxylic acids is 3. The molecule has 1 aromatic heterocycles. The number of aryl methyl sites for hydroxylation is 2. The van der Waals surface area contributed by atoms with Crippen molar-refractivity contribution in [3.05, 3.63) is 81.2 Å². The number of hydrogen-bond donors (Lipinski definition) is 2. The lowest BCUT2D eigenvalue weighted by Gasteiger charge is -2.07. The molecule has 2 amide bonds. The van der Waals surface area contributed by atoms with Gasteiger partial charge in [0.1, 0.15) is 17.4 Å². The molecule has 9 heteroatoms. The number of benzene rings is 2. The molecule has 0 fully saturated rings. The van der Waals surface area contributed by atoms with Crippen LogP contribution in [-0.4, -0.2) is 31.1 Å². The van der Waals surface area contributed by atoms with Crippen LogP contribution >= 0.6 is 11.3 Å². The molecule has 0 unspecified atom stereocenters. The first-order valence-corrected chi connectivity index (χ1v) is 11.9. The van der Waals surface area contributed by atoms with Gasteiger partial charge in [0.25, 0.3) is 0 Å². The maximum absolute atomic E-state index is 12.4. The summed E-state index contributed by atoms with van der Waals surface area (Å²) >= 11 is 1.30. The van der Waals surface area contributed by atoms with Gasteiger partial charge in [0, 0.05) is 4.88 Å². The Morgan fingerprint density at radius 2 is 1.89 bits per heavy atom. The molecule has 1 aliphatic rings. The second-order valence-corrected chi connectivity index (χ2v) is 9.16. The lowest BCUT2D eigenvalue weighted by atomic mass is 10.1. The number of rotatable bonds is 7. The highest BCUT2D eigenvalue weighted by Gasteiger charge is 2.29. The van der Waals surface area contributed by atoms with Crippen molar-refractivity contribution in [3.63, 3.8) is 0 Å². The van der Waals surface area contributed by atoms with Gasteiger partial charge in [0.15, 0.2) is 0 Å². The lowest BCUT2D eigenvalue weighted by Crippen LogP contribution is -2.32. The Bertz CT molecular complexity index is 1280. The van der Waals surface area contributed by atoms with Gasteiger partial charge in [0.2, 0.25) is 0 Å². The molecule has 2 N–H and O–H groups in total. The van der Waals surface area contributed by atoms with Crippen LogP contribution in [0.1, 0.15) is 43.9 Å². The Labute approximate surface area is 207 Å². The molecule has 2 aromatic carbocycles. The summed E-state index contributed by atoms with van der Waals surface area (Å²) in [6.07, 6.45) is 3.96. The van der Waals surface area contributed by atoms with Crippen LogP contribution in [0.2, 0.25) is 0 Å². The van der Waals surface area contributed by atoms with E-state index in [4.69, 9.17) is 9.47 Å². The predicted molar refractivity (Wildman–Crippen MR) is 134 cm³/mol. The highest BCUT2D eigenvalue weighted by atomic mass is 32.1. The number of anilines is 1. The fourth-order valence-electron chi connectivity index (χ4n) is 3.72. The number of nitrogens with zero attached hydrogens (tertiary/aromatic N) is 1. The number of nitrogens with one attached hydrogen (secondary N) is 2. The van der Waals surface area contributed by atoms with E-state index in [0.717, 1.165) is 35.3 Å².